The average Bonchev–Trinajstić information content (AvgIpc) is 2.99. The van der Waals surface area contributed by atoms with E-state index in [0.717, 1.165) is 22.8 Å². The third-order valence-electron chi connectivity index (χ3n) is 2.84. The third-order valence-corrected chi connectivity index (χ3v) is 3.08. The minimum Gasteiger partial charge on any atom is -0.364 e. The fourth-order valence-corrected chi connectivity index (χ4v) is 2.13. The molecule has 0 saturated carbocycles. The van der Waals surface area contributed by atoms with Crippen LogP contribution in [-0.2, 0) is 13.1 Å². The lowest BCUT2D eigenvalue weighted by Crippen LogP contribution is -2.12. The Balaban J connectivity index is 1.71. The van der Waals surface area contributed by atoms with Gasteiger partial charge in [0.1, 0.15) is 6.26 Å². The third kappa shape index (κ3) is 2.25. The zero-order valence-electron chi connectivity index (χ0n) is 9.61. The van der Waals surface area contributed by atoms with E-state index in [-0.39, 0.29) is 0 Å². The van der Waals surface area contributed by atoms with Gasteiger partial charge in [0.05, 0.1) is 5.69 Å². The summed E-state index contributed by atoms with van der Waals surface area (Å²) >= 11 is 5.95. The lowest BCUT2D eigenvalue weighted by Gasteiger charge is -2.01. The zero-order chi connectivity index (χ0) is 12.4. The Labute approximate surface area is 109 Å². The van der Waals surface area contributed by atoms with Crippen molar-refractivity contribution in [3.8, 4) is 0 Å². The van der Waals surface area contributed by atoms with Gasteiger partial charge in [-0.25, -0.2) is 0 Å². The summed E-state index contributed by atoms with van der Waals surface area (Å²) in [5.41, 5.74) is 3.17. The molecule has 0 fully saturated rings. The van der Waals surface area contributed by atoms with Crippen LogP contribution in [0.3, 0.4) is 0 Å². The molecule has 0 aliphatic rings. The molecule has 0 unspecified atom stereocenters. The first kappa shape index (κ1) is 11.3. The van der Waals surface area contributed by atoms with Gasteiger partial charge in [0, 0.05) is 41.3 Å². The van der Waals surface area contributed by atoms with Crippen molar-refractivity contribution in [2.24, 2.45) is 0 Å². The van der Waals surface area contributed by atoms with Crippen molar-refractivity contribution in [2.45, 2.75) is 13.1 Å². The van der Waals surface area contributed by atoms with Crippen LogP contribution >= 0.6 is 11.6 Å². The quantitative estimate of drug-likeness (QED) is 0.759. The predicted molar refractivity (Wildman–Crippen MR) is 70.4 cm³/mol. The number of fused-ring (bicyclic) bond motifs is 1. The van der Waals surface area contributed by atoms with Crippen LogP contribution in [0, 0.1) is 0 Å². The molecule has 4 nitrogen and oxygen atoms in total. The summed E-state index contributed by atoms with van der Waals surface area (Å²) in [6.45, 7) is 1.46. The van der Waals surface area contributed by atoms with Gasteiger partial charge in [0.25, 0.3) is 0 Å². The zero-order valence-corrected chi connectivity index (χ0v) is 10.4. The first-order chi connectivity index (χ1) is 8.83. The van der Waals surface area contributed by atoms with Crippen LogP contribution in [0.15, 0.2) is 41.2 Å². The fraction of sp³-hybridized carbons (Fsp3) is 0.154. The van der Waals surface area contributed by atoms with Gasteiger partial charge in [-0.3, -0.25) is 0 Å². The maximum absolute atomic E-state index is 5.95. The van der Waals surface area contributed by atoms with Crippen molar-refractivity contribution in [1.29, 1.82) is 0 Å². The Morgan fingerprint density at radius 1 is 1.28 bits per heavy atom. The van der Waals surface area contributed by atoms with Gasteiger partial charge in [-0.05, 0) is 17.7 Å². The van der Waals surface area contributed by atoms with Gasteiger partial charge in [-0.2, -0.15) is 0 Å². The molecule has 92 valence electrons. The smallest absolute Gasteiger partial charge is 0.124 e. The Morgan fingerprint density at radius 2 is 2.22 bits per heavy atom. The number of rotatable bonds is 4. The average molecular weight is 262 g/mol. The van der Waals surface area contributed by atoms with Crippen molar-refractivity contribution in [1.82, 2.24) is 15.5 Å². The number of hydrogen-bond acceptors (Lipinski definition) is 3. The maximum Gasteiger partial charge on any atom is 0.124 e. The molecule has 0 saturated heterocycles. The van der Waals surface area contributed by atoms with Gasteiger partial charge in [0.15, 0.2) is 0 Å². The SMILES string of the molecule is Clc1ccc2c(CNCc3ccon3)c[nH]c2c1. The van der Waals surface area contributed by atoms with Crippen LogP contribution in [0.4, 0.5) is 0 Å². The second kappa shape index (κ2) is 4.84. The maximum atomic E-state index is 5.95. The summed E-state index contributed by atoms with van der Waals surface area (Å²) in [7, 11) is 0. The molecular formula is C13H12ClN3O. The number of aromatic nitrogens is 2. The Hall–Kier alpha value is -1.78. The van der Waals surface area contributed by atoms with Crippen molar-refractivity contribution in [2.75, 3.05) is 0 Å². The normalized spacial score (nSPS) is 11.2. The topological polar surface area (TPSA) is 53.9 Å². The van der Waals surface area contributed by atoms with Crippen LogP contribution in [-0.4, -0.2) is 10.1 Å². The summed E-state index contributed by atoms with van der Waals surface area (Å²) in [6.07, 6.45) is 3.57. The van der Waals surface area contributed by atoms with Gasteiger partial charge >= 0.3 is 0 Å². The standard InChI is InChI=1S/C13H12ClN3O/c14-10-1-2-12-9(7-16-13(12)5-10)6-15-8-11-3-4-18-17-11/h1-5,7,15-16H,6,8H2. The minimum atomic E-state index is 0.691. The molecule has 3 aromatic rings. The summed E-state index contributed by atoms with van der Waals surface area (Å²) in [6, 6.07) is 7.71. The molecule has 0 spiro atoms. The van der Waals surface area contributed by atoms with E-state index in [4.69, 9.17) is 16.1 Å². The van der Waals surface area contributed by atoms with Crippen LogP contribution < -0.4 is 5.32 Å². The number of nitrogens with zero attached hydrogens (tertiary/aromatic N) is 1. The molecule has 2 N–H and O–H groups in total. The van der Waals surface area contributed by atoms with Gasteiger partial charge < -0.3 is 14.8 Å². The van der Waals surface area contributed by atoms with E-state index >= 15 is 0 Å². The predicted octanol–water partition coefficient (Wildman–Crippen LogP) is 3.10. The van der Waals surface area contributed by atoms with Crippen LogP contribution in [0.2, 0.25) is 5.02 Å². The van der Waals surface area contributed by atoms with Gasteiger partial charge in [0.2, 0.25) is 0 Å². The Morgan fingerprint density at radius 3 is 3.06 bits per heavy atom. The molecule has 0 amide bonds. The minimum absolute atomic E-state index is 0.691. The van der Waals surface area contributed by atoms with Crippen molar-refractivity contribution in [3.63, 3.8) is 0 Å². The van der Waals surface area contributed by atoms with E-state index in [9.17, 15) is 0 Å². The molecule has 3 rings (SSSR count). The van der Waals surface area contributed by atoms with Crippen molar-refractivity contribution in [3.05, 3.63) is 53.0 Å². The van der Waals surface area contributed by atoms with Gasteiger partial charge in [-0.1, -0.05) is 22.8 Å². The van der Waals surface area contributed by atoms with Crippen LogP contribution in [0.25, 0.3) is 10.9 Å². The highest BCUT2D eigenvalue weighted by Crippen LogP contribution is 2.21. The van der Waals surface area contributed by atoms with E-state index in [0.29, 0.717) is 6.54 Å². The highest BCUT2D eigenvalue weighted by molar-refractivity contribution is 6.31. The molecule has 18 heavy (non-hydrogen) atoms. The highest BCUT2D eigenvalue weighted by Gasteiger charge is 2.04. The van der Waals surface area contributed by atoms with Crippen LogP contribution in [0.1, 0.15) is 11.3 Å². The lowest BCUT2D eigenvalue weighted by atomic mass is 10.2. The van der Waals surface area contributed by atoms with Gasteiger partial charge in [-0.15, -0.1) is 0 Å². The molecule has 2 aromatic heterocycles. The largest absolute Gasteiger partial charge is 0.364 e. The fourth-order valence-electron chi connectivity index (χ4n) is 1.96. The first-order valence-corrected chi connectivity index (χ1v) is 6.06. The molecule has 1 aromatic carbocycles. The summed E-state index contributed by atoms with van der Waals surface area (Å²) in [5.74, 6) is 0. The summed E-state index contributed by atoms with van der Waals surface area (Å²) in [5, 5.41) is 9.10. The summed E-state index contributed by atoms with van der Waals surface area (Å²) < 4.78 is 4.77. The molecule has 0 aliphatic carbocycles. The number of nitrogens with one attached hydrogen (secondary N) is 2. The number of H-pyrrole nitrogens is 1. The van der Waals surface area contributed by atoms with Crippen molar-refractivity contribution >= 4 is 22.5 Å². The first-order valence-electron chi connectivity index (χ1n) is 5.68. The number of halogens is 1. The molecule has 5 heteroatoms. The molecule has 0 atom stereocenters. The molecule has 0 bridgehead atoms. The second-order valence-electron chi connectivity index (χ2n) is 4.10. The van der Waals surface area contributed by atoms with E-state index < -0.39 is 0 Å². The van der Waals surface area contributed by atoms with E-state index in [1.54, 1.807) is 6.26 Å². The molecule has 0 aliphatic heterocycles. The van der Waals surface area contributed by atoms with E-state index in [1.807, 2.05) is 30.5 Å². The summed E-state index contributed by atoms with van der Waals surface area (Å²) in [4.78, 5) is 3.21. The molecule has 2 heterocycles. The lowest BCUT2D eigenvalue weighted by molar-refractivity contribution is 0.408. The Bertz CT molecular complexity index is 645. The monoisotopic (exact) mass is 261 g/mol. The van der Waals surface area contributed by atoms with Crippen molar-refractivity contribution < 1.29 is 4.52 Å². The van der Waals surface area contributed by atoms with E-state index in [2.05, 4.69) is 15.5 Å². The number of benzene rings is 1. The molecule has 0 radical (unpaired) electrons. The number of hydrogen-bond donors (Lipinski definition) is 2. The Kier molecular flexibility index (Phi) is 3.04. The van der Waals surface area contributed by atoms with E-state index in [1.165, 1.54) is 10.9 Å². The molecular weight excluding hydrogens is 250 g/mol. The number of aromatic amines is 1. The highest BCUT2D eigenvalue weighted by atomic mass is 35.5. The van der Waals surface area contributed by atoms with Crippen LogP contribution in [0.5, 0.6) is 0 Å². The second-order valence-corrected chi connectivity index (χ2v) is 4.53.